The van der Waals surface area contributed by atoms with Crippen molar-refractivity contribution in [3.8, 4) is 0 Å². The summed E-state index contributed by atoms with van der Waals surface area (Å²) in [7, 11) is 2.05. The molecule has 1 aliphatic rings. The number of nitrogens with zero attached hydrogens (tertiary/aromatic N) is 1. The summed E-state index contributed by atoms with van der Waals surface area (Å²) >= 11 is 0. The van der Waals surface area contributed by atoms with Gasteiger partial charge in [0.15, 0.2) is 0 Å². The molecule has 3 heteroatoms. The molecule has 1 atom stereocenters. The molecule has 1 aromatic rings. The Morgan fingerprint density at radius 1 is 1.50 bits per heavy atom. The lowest BCUT2D eigenvalue weighted by Crippen LogP contribution is -2.28. The predicted molar refractivity (Wildman–Crippen MR) is 55.9 cm³/mol. The quantitative estimate of drug-likeness (QED) is 0.774. The third kappa shape index (κ3) is 1.83. The Morgan fingerprint density at radius 2 is 2.21 bits per heavy atom. The van der Waals surface area contributed by atoms with Crippen molar-refractivity contribution in [2.45, 2.75) is 18.9 Å². The molecule has 0 aliphatic carbocycles. The van der Waals surface area contributed by atoms with Gasteiger partial charge >= 0.3 is 0 Å². The van der Waals surface area contributed by atoms with E-state index in [2.05, 4.69) is 29.9 Å². The molecule has 2 N–H and O–H groups in total. The van der Waals surface area contributed by atoms with Gasteiger partial charge in [-0.2, -0.15) is 0 Å². The molecule has 3 nitrogen and oxygen atoms in total. The van der Waals surface area contributed by atoms with Gasteiger partial charge < -0.3 is 15.0 Å². The van der Waals surface area contributed by atoms with Gasteiger partial charge in [-0.25, -0.2) is 0 Å². The molecular formula is C11H18N2O. The minimum absolute atomic E-state index is 0.166. The molecule has 0 bridgehead atoms. The molecule has 1 fully saturated rings. The van der Waals surface area contributed by atoms with E-state index in [1.807, 2.05) is 0 Å². The highest BCUT2D eigenvalue weighted by atomic mass is 16.5. The Hall–Kier alpha value is -0.800. The van der Waals surface area contributed by atoms with Crippen LogP contribution in [0, 0.1) is 5.92 Å². The highest BCUT2D eigenvalue weighted by molar-refractivity contribution is 5.12. The van der Waals surface area contributed by atoms with Crippen LogP contribution in [0.2, 0.25) is 0 Å². The van der Waals surface area contributed by atoms with Crippen LogP contribution < -0.4 is 5.73 Å². The number of hydrogen-bond acceptors (Lipinski definition) is 2. The third-order valence-electron chi connectivity index (χ3n) is 3.10. The summed E-state index contributed by atoms with van der Waals surface area (Å²) in [4.78, 5) is 0. The zero-order valence-electron chi connectivity index (χ0n) is 8.65. The van der Waals surface area contributed by atoms with Gasteiger partial charge in [-0.1, -0.05) is 0 Å². The first-order valence-electron chi connectivity index (χ1n) is 5.23. The molecule has 0 aromatic carbocycles. The van der Waals surface area contributed by atoms with Crippen molar-refractivity contribution in [3.05, 3.63) is 24.0 Å². The molecule has 1 aromatic heterocycles. The number of nitrogens with two attached hydrogens (primary N) is 1. The molecule has 2 heterocycles. The maximum Gasteiger partial charge on any atom is 0.0480 e. The van der Waals surface area contributed by atoms with Crippen molar-refractivity contribution in [1.29, 1.82) is 0 Å². The smallest absolute Gasteiger partial charge is 0.0480 e. The van der Waals surface area contributed by atoms with E-state index in [-0.39, 0.29) is 6.04 Å². The van der Waals surface area contributed by atoms with Crippen LogP contribution in [0.1, 0.15) is 24.6 Å². The summed E-state index contributed by atoms with van der Waals surface area (Å²) in [6.07, 6.45) is 4.23. The molecule has 0 saturated carbocycles. The Bertz CT molecular complexity index is 289. The fraction of sp³-hybridized carbons (Fsp3) is 0.636. The number of hydrogen-bond donors (Lipinski definition) is 1. The van der Waals surface area contributed by atoms with E-state index in [9.17, 15) is 0 Å². The fourth-order valence-electron chi connectivity index (χ4n) is 2.14. The average molecular weight is 194 g/mol. The first-order valence-corrected chi connectivity index (χ1v) is 5.23. The highest BCUT2D eigenvalue weighted by Gasteiger charge is 2.23. The van der Waals surface area contributed by atoms with Gasteiger partial charge in [-0.05, 0) is 30.9 Å². The van der Waals surface area contributed by atoms with Crippen molar-refractivity contribution in [2.75, 3.05) is 13.2 Å². The average Bonchev–Trinajstić information content (AvgIpc) is 2.65. The van der Waals surface area contributed by atoms with Gasteiger partial charge in [-0.3, -0.25) is 0 Å². The van der Waals surface area contributed by atoms with Crippen LogP contribution in [-0.4, -0.2) is 17.8 Å². The first kappa shape index (κ1) is 9.74. The maximum absolute atomic E-state index is 6.24. The van der Waals surface area contributed by atoms with E-state index < -0.39 is 0 Å². The third-order valence-corrected chi connectivity index (χ3v) is 3.10. The Morgan fingerprint density at radius 3 is 2.79 bits per heavy atom. The molecule has 0 spiro atoms. The lowest BCUT2D eigenvalue weighted by Gasteiger charge is -2.27. The Labute approximate surface area is 84.9 Å². The van der Waals surface area contributed by atoms with E-state index in [0.29, 0.717) is 5.92 Å². The number of aromatic nitrogens is 1. The van der Waals surface area contributed by atoms with Crippen LogP contribution in [0.3, 0.4) is 0 Å². The van der Waals surface area contributed by atoms with Crippen LogP contribution in [-0.2, 0) is 11.8 Å². The molecule has 1 saturated heterocycles. The minimum Gasteiger partial charge on any atom is -0.381 e. The molecule has 78 valence electrons. The molecule has 14 heavy (non-hydrogen) atoms. The van der Waals surface area contributed by atoms with Crippen LogP contribution in [0.4, 0.5) is 0 Å². The van der Waals surface area contributed by atoms with Gasteiger partial charge in [0.1, 0.15) is 0 Å². The lowest BCUT2D eigenvalue weighted by atomic mass is 9.90. The zero-order valence-corrected chi connectivity index (χ0v) is 8.65. The standard InChI is InChI=1S/C11H18N2O/c1-13-6-2-3-10(13)11(12)9-4-7-14-8-5-9/h2-3,6,9,11H,4-5,7-8,12H2,1H3/t11-/m0/s1. The Kier molecular flexibility index (Phi) is 2.89. The van der Waals surface area contributed by atoms with Gasteiger partial charge in [0, 0.05) is 38.2 Å². The van der Waals surface area contributed by atoms with Crippen LogP contribution in [0.5, 0.6) is 0 Å². The van der Waals surface area contributed by atoms with E-state index in [0.717, 1.165) is 26.1 Å². The highest BCUT2D eigenvalue weighted by Crippen LogP contribution is 2.27. The van der Waals surface area contributed by atoms with E-state index >= 15 is 0 Å². The van der Waals surface area contributed by atoms with Crippen LogP contribution >= 0.6 is 0 Å². The summed E-state index contributed by atoms with van der Waals surface area (Å²) in [5.41, 5.74) is 7.47. The van der Waals surface area contributed by atoms with Crippen molar-refractivity contribution >= 4 is 0 Å². The topological polar surface area (TPSA) is 40.2 Å². The van der Waals surface area contributed by atoms with E-state index in [1.165, 1.54) is 5.69 Å². The largest absolute Gasteiger partial charge is 0.381 e. The molecule has 0 radical (unpaired) electrons. The Balaban J connectivity index is 2.07. The lowest BCUT2D eigenvalue weighted by molar-refractivity contribution is 0.0576. The summed E-state index contributed by atoms with van der Waals surface area (Å²) in [6.45, 7) is 1.73. The molecule has 1 aliphatic heterocycles. The molecule has 2 rings (SSSR count). The normalized spacial score (nSPS) is 21.0. The van der Waals surface area contributed by atoms with Crippen molar-refractivity contribution in [1.82, 2.24) is 4.57 Å². The second-order valence-corrected chi connectivity index (χ2v) is 4.02. The van der Waals surface area contributed by atoms with Crippen molar-refractivity contribution in [2.24, 2.45) is 18.7 Å². The minimum atomic E-state index is 0.166. The fourth-order valence-corrected chi connectivity index (χ4v) is 2.14. The number of rotatable bonds is 2. The predicted octanol–water partition coefficient (Wildman–Crippen LogP) is 1.45. The summed E-state index contributed by atoms with van der Waals surface area (Å²) in [5, 5.41) is 0. The van der Waals surface area contributed by atoms with Gasteiger partial charge in [0.25, 0.3) is 0 Å². The van der Waals surface area contributed by atoms with Gasteiger partial charge in [0.2, 0.25) is 0 Å². The van der Waals surface area contributed by atoms with Crippen molar-refractivity contribution < 1.29 is 4.74 Å². The van der Waals surface area contributed by atoms with Crippen LogP contribution in [0.25, 0.3) is 0 Å². The molecule has 0 unspecified atom stereocenters. The van der Waals surface area contributed by atoms with E-state index in [4.69, 9.17) is 10.5 Å². The van der Waals surface area contributed by atoms with Crippen LogP contribution in [0.15, 0.2) is 18.3 Å². The summed E-state index contributed by atoms with van der Waals surface area (Å²) in [5.74, 6) is 0.581. The number of aryl methyl sites for hydroxylation is 1. The van der Waals surface area contributed by atoms with Gasteiger partial charge in [0.05, 0.1) is 0 Å². The SMILES string of the molecule is Cn1cccc1[C@@H](N)C1CCOCC1. The first-order chi connectivity index (χ1) is 6.79. The summed E-state index contributed by atoms with van der Waals surface area (Å²) in [6, 6.07) is 4.33. The second kappa shape index (κ2) is 4.15. The monoisotopic (exact) mass is 194 g/mol. The molecular weight excluding hydrogens is 176 g/mol. The maximum atomic E-state index is 6.24. The number of ether oxygens (including phenoxy) is 1. The van der Waals surface area contributed by atoms with Crippen molar-refractivity contribution in [3.63, 3.8) is 0 Å². The van der Waals surface area contributed by atoms with Gasteiger partial charge in [-0.15, -0.1) is 0 Å². The summed E-state index contributed by atoms with van der Waals surface area (Å²) < 4.78 is 7.45. The zero-order chi connectivity index (χ0) is 9.97. The van der Waals surface area contributed by atoms with E-state index in [1.54, 1.807) is 0 Å². The second-order valence-electron chi connectivity index (χ2n) is 4.02. The molecule has 0 amide bonds.